The Balaban J connectivity index is 1.92. The molecule has 6 nitrogen and oxygen atoms in total. The van der Waals surface area contributed by atoms with Crippen LogP contribution in [0.15, 0.2) is 23.7 Å². The van der Waals surface area contributed by atoms with Gasteiger partial charge in [0.15, 0.2) is 6.29 Å². The van der Waals surface area contributed by atoms with Crippen LogP contribution in [0.2, 0.25) is 0 Å². The Morgan fingerprint density at radius 3 is 3.06 bits per heavy atom. The number of aldehydes is 1. The summed E-state index contributed by atoms with van der Waals surface area (Å²) >= 11 is 1.61. The number of likely N-dealkylation sites (N-methyl/N-ethyl adjacent to an activating group) is 1. The van der Waals surface area contributed by atoms with Crippen molar-refractivity contribution in [3.63, 3.8) is 0 Å². The highest BCUT2D eigenvalue weighted by atomic mass is 32.1. The van der Waals surface area contributed by atoms with E-state index in [1.807, 2.05) is 17.5 Å². The molecular formula is C11H12N4O2S. The molecule has 0 aliphatic heterocycles. The van der Waals surface area contributed by atoms with Crippen molar-refractivity contribution in [2.75, 3.05) is 7.05 Å². The van der Waals surface area contributed by atoms with Gasteiger partial charge in [0.1, 0.15) is 12.2 Å². The van der Waals surface area contributed by atoms with Crippen molar-refractivity contribution in [1.29, 1.82) is 0 Å². The molecule has 0 aliphatic carbocycles. The maximum absolute atomic E-state index is 11.9. The second-order valence-electron chi connectivity index (χ2n) is 3.79. The minimum absolute atomic E-state index is 0.0780. The first-order valence-corrected chi connectivity index (χ1v) is 6.18. The van der Waals surface area contributed by atoms with Crippen molar-refractivity contribution in [1.82, 2.24) is 19.9 Å². The average Bonchev–Trinajstić information content (AvgIpc) is 3.00. The fourth-order valence-electron chi connectivity index (χ4n) is 1.43. The fraction of sp³-hybridized carbons (Fsp3) is 0.273. The lowest BCUT2D eigenvalue weighted by molar-refractivity contribution is -0.131. The first-order valence-electron chi connectivity index (χ1n) is 5.30. The number of carbonyl (C=O) groups excluding carboxylic acids is 2. The highest BCUT2D eigenvalue weighted by Gasteiger charge is 2.11. The maximum atomic E-state index is 11.9. The van der Waals surface area contributed by atoms with Gasteiger partial charge in [-0.05, 0) is 11.4 Å². The number of carbonyl (C=O) groups is 2. The molecule has 0 radical (unpaired) electrons. The van der Waals surface area contributed by atoms with E-state index < -0.39 is 0 Å². The lowest BCUT2D eigenvalue weighted by Crippen LogP contribution is -2.29. The number of hydrogen-bond acceptors (Lipinski definition) is 5. The Morgan fingerprint density at radius 1 is 1.61 bits per heavy atom. The fourth-order valence-corrected chi connectivity index (χ4v) is 2.19. The van der Waals surface area contributed by atoms with E-state index >= 15 is 0 Å². The summed E-state index contributed by atoms with van der Waals surface area (Å²) in [6.07, 6.45) is 2.05. The molecule has 18 heavy (non-hydrogen) atoms. The van der Waals surface area contributed by atoms with E-state index in [9.17, 15) is 9.59 Å². The smallest absolute Gasteiger partial charge is 0.244 e. The third-order valence-corrected chi connectivity index (χ3v) is 3.23. The van der Waals surface area contributed by atoms with Gasteiger partial charge < -0.3 is 4.90 Å². The highest BCUT2D eigenvalue weighted by Crippen LogP contribution is 2.10. The predicted molar refractivity (Wildman–Crippen MR) is 66.2 cm³/mol. The summed E-state index contributed by atoms with van der Waals surface area (Å²) in [6.45, 7) is 0.661. The summed E-state index contributed by atoms with van der Waals surface area (Å²) in [5, 5.41) is 9.27. The minimum atomic E-state index is -0.0780. The molecule has 0 atom stereocenters. The number of rotatable bonds is 5. The zero-order valence-electron chi connectivity index (χ0n) is 9.81. The summed E-state index contributed by atoms with van der Waals surface area (Å²) in [5.74, 6) is -0.0780. The van der Waals surface area contributed by atoms with Gasteiger partial charge in [-0.3, -0.25) is 9.59 Å². The van der Waals surface area contributed by atoms with Crippen molar-refractivity contribution in [2.45, 2.75) is 13.1 Å². The monoisotopic (exact) mass is 264 g/mol. The first kappa shape index (κ1) is 12.4. The van der Waals surface area contributed by atoms with Crippen LogP contribution in [-0.2, 0) is 17.9 Å². The number of thiophene rings is 1. The number of nitrogens with zero attached hydrogens (tertiary/aromatic N) is 4. The normalized spacial score (nSPS) is 10.3. The van der Waals surface area contributed by atoms with Gasteiger partial charge in [-0.25, -0.2) is 4.68 Å². The van der Waals surface area contributed by atoms with Gasteiger partial charge in [-0.2, -0.15) is 0 Å². The van der Waals surface area contributed by atoms with E-state index in [1.165, 1.54) is 10.9 Å². The molecule has 0 spiro atoms. The zero-order valence-corrected chi connectivity index (χ0v) is 10.6. The molecule has 2 aromatic heterocycles. The second-order valence-corrected chi connectivity index (χ2v) is 4.82. The van der Waals surface area contributed by atoms with Crippen LogP contribution in [0, 0.1) is 0 Å². The zero-order chi connectivity index (χ0) is 13.0. The Bertz CT molecular complexity index is 535. The van der Waals surface area contributed by atoms with Crippen LogP contribution >= 0.6 is 11.3 Å². The van der Waals surface area contributed by atoms with Crippen molar-refractivity contribution >= 4 is 23.5 Å². The Morgan fingerprint density at radius 2 is 2.44 bits per heavy atom. The summed E-state index contributed by atoms with van der Waals surface area (Å²) in [6, 6.07) is 3.93. The highest BCUT2D eigenvalue weighted by molar-refractivity contribution is 7.09. The lowest BCUT2D eigenvalue weighted by atomic mass is 10.4. The molecule has 1 amide bonds. The van der Waals surface area contributed by atoms with Crippen LogP contribution in [0.1, 0.15) is 15.4 Å². The van der Waals surface area contributed by atoms with E-state index in [4.69, 9.17) is 0 Å². The summed E-state index contributed by atoms with van der Waals surface area (Å²) in [5.41, 5.74) is 0.226. The summed E-state index contributed by atoms with van der Waals surface area (Å²) in [7, 11) is 1.74. The minimum Gasteiger partial charge on any atom is -0.339 e. The van der Waals surface area contributed by atoms with E-state index in [2.05, 4.69) is 10.3 Å². The van der Waals surface area contributed by atoms with Gasteiger partial charge in [0.25, 0.3) is 0 Å². The molecule has 0 N–H and O–H groups in total. The second kappa shape index (κ2) is 5.54. The van der Waals surface area contributed by atoms with Crippen LogP contribution in [0.25, 0.3) is 0 Å². The topological polar surface area (TPSA) is 68.1 Å². The standard InChI is InChI=1S/C11H12N4O2S/c1-14(6-10-3-2-4-18-10)11(17)7-15-5-9(8-16)12-13-15/h2-5,8H,6-7H2,1H3. The van der Waals surface area contributed by atoms with Gasteiger partial charge in [-0.15, -0.1) is 16.4 Å². The lowest BCUT2D eigenvalue weighted by Gasteiger charge is -2.15. The van der Waals surface area contributed by atoms with E-state index in [0.717, 1.165) is 4.88 Å². The molecular weight excluding hydrogens is 252 g/mol. The molecule has 94 valence electrons. The van der Waals surface area contributed by atoms with Crippen LogP contribution in [0.3, 0.4) is 0 Å². The molecule has 0 aliphatic rings. The van der Waals surface area contributed by atoms with Crippen molar-refractivity contribution < 1.29 is 9.59 Å². The maximum Gasteiger partial charge on any atom is 0.244 e. The van der Waals surface area contributed by atoms with Gasteiger partial charge in [0.05, 0.1) is 12.7 Å². The third-order valence-electron chi connectivity index (χ3n) is 2.37. The Kier molecular flexibility index (Phi) is 3.83. The van der Waals surface area contributed by atoms with Crippen molar-refractivity contribution in [3.05, 3.63) is 34.3 Å². The van der Waals surface area contributed by atoms with Gasteiger partial charge in [0, 0.05) is 11.9 Å². The average molecular weight is 264 g/mol. The van der Waals surface area contributed by atoms with Gasteiger partial charge in [-0.1, -0.05) is 11.3 Å². The number of amides is 1. The largest absolute Gasteiger partial charge is 0.339 e. The predicted octanol–water partition coefficient (Wildman–Crippen LogP) is 0.811. The summed E-state index contributed by atoms with van der Waals surface area (Å²) < 4.78 is 1.36. The van der Waals surface area contributed by atoms with E-state index in [1.54, 1.807) is 23.3 Å². The van der Waals surface area contributed by atoms with Gasteiger partial charge >= 0.3 is 0 Å². The van der Waals surface area contributed by atoms with Crippen molar-refractivity contribution in [2.24, 2.45) is 0 Å². The van der Waals surface area contributed by atoms with Crippen molar-refractivity contribution in [3.8, 4) is 0 Å². The number of aromatic nitrogens is 3. The molecule has 2 aromatic rings. The van der Waals surface area contributed by atoms with Crippen LogP contribution in [0.4, 0.5) is 0 Å². The molecule has 0 saturated heterocycles. The molecule has 0 fully saturated rings. The molecule has 0 aromatic carbocycles. The molecule has 0 saturated carbocycles. The van der Waals surface area contributed by atoms with Gasteiger partial charge in [0.2, 0.25) is 5.91 Å². The van der Waals surface area contributed by atoms with E-state index in [-0.39, 0.29) is 18.1 Å². The SMILES string of the molecule is CN(Cc1cccs1)C(=O)Cn1cc(C=O)nn1. The molecule has 7 heteroatoms. The quantitative estimate of drug-likeness (QED) is 0.749. The van der Waals surface area contributed by atoms with E-state index in [0.29, 0.717) is 12.8 Å². The van der Waals surface area contributed by atoms with Crippen LogP contribution in [0.5, 0.6) is 0 Å². The number of hydrogen-bond donors (Lipinski definition) is 0. The summed E-state index contributed by atoms with van der Waals surface area (Å²) in [4.78, 5) is 25.1. The molecule has 0 unspecified atom stereocenters. The first-order chi connectivity index (χ1) is 8.69. The molecule has 0 bridgehead atoms. The van der Waals surface area contributed by atoms with Crippen LogP contribution in [-0.4, -0.2) is 39.1 Å². The third kappa shape index (κ3) is 3.01. The Labute approximate surface area is 108 Å². The van der Waals surface area contributed by atoms with Crippen LogP contribution < -0.4 is 0 Å². The Hall–Kier alpha value is -2.02. The molecule has 2 rings (SSSR count). The molecule has 2 heterocycles.